The molecule has 0 fully saturated rings. The number of hydrogen-bond acceptors (Lipinski definition) is 2. The Labute approximate surface area is 287 Å². The van der Waals surface area contributed by atoms with Crippen molar-refractivity contribution < 1.29 is 8.83 Å². The molecule has 11 rings (SSSR count). The van der Waals surface area contributed by atoms with Crippen LogP contribution in [0.4, 0.5) is 0 Å². The number of rotatable bonds is 2. The molecule has 0 unspecified atom stereocenters. The molecule has 4 heteroatoms. The predicted octanol–water partition coefficient (Wildman–Crippen LogP) is 13.3. The van der Waals surface area contributed by atoms with Gasteiger partial charge in [-0.05, 0) is 74.5 Å². The largest absolute Gasteiger partial charge is 0.456 e. The van der Waals surface area contributed by atoms with Crippen molar-refractivity contribution in [1.29, 1.82) is 0 Å². The Hall–Kier alpha value is -6.52. The summed E-state index contributed by atoms with van der Waals surface area (Å²) in [7, 11) is 0. The lowest BCUT2D eigenvalue weighted by Gasteiger charge is -2.14. The van der Waals surface area contributed by atoms with E-state index in [1.54, 1.807) is 0 Å². The van der Waals surface area contributed by atoms with Gasteiger partial charge in [0.05, 0.1) is 33.1 Å². The molecule has 0 amide bonds. The maximum Gasteiger partial charge on any atom is 0.145 e. The number of furan rings is 2. The molecule has 11 aromatic rings. The summed E-state index contributed by atoms with van der Waals surface area (Å²) in [6.45, 7) is 4.00. The lowest BCUT2D eigenvalue weighted by Crippen LogP contribution is -2.00. The minimum atomic E-state index is 0.882. The Balaban J connectivity index is 0.000000754. The molecule has 0 N–H and O–H groups in total. The van der Waals surface area contributed by atoms with Crippen molar-refractivity contribution in [2.24, 2.45) is 0 Å². The van der Waals surface area contributed by atoms with E-state index in [9.17, 15) is 0 Å². The normalized spacial score (nSPS) is 12.1. The zero-order valence-corrected chi connectivity index (χ0v) is 27.7. The van der Waals surface area contributed by atoms with Crippen LogP contribution in [0.2, 0.25) is 0 Å². The summed E-state index contributed by atoms with van der Waals surface area (Å²) < 4.78 is 17.8. The van der Waals surface area contributed by atoms with Gasteiger partial charge in [-0.15, -0.1) is 0 Å². The van der Waals surface area contributed by atoms with Gasteiger partial charge in [0.2, 0.25) is 0 Å². The molecule has 238 valence electrons. The summed E-state index contributed by atoms with van der Waals surface area (Å²) in [6, 6.07) is 51.7. The summed E-state index contributed by atoms with van der Waals surface area (Å²) in [4.78, 5) is 0. The van der Waals surface area contributed by atoms with Crippen molar-refractivity contribution in [2.75, 3.05) is 0 Å². The Morgan fingerprint density at radius 2 is 1.00 bits per heavy atom. The SMILES string of the molecule is C/C=C\C.c1ccc2c(c1)oc1ccc(-n3c4ccc5c6ccccc6oc5c4c4cccc(-n5c6ccccc6c6ccccc65)c43)cc12. The molecule has 0 aliphatic rings. The van der Waals surface area contributed by atoms with E-state index in [0.717, 1.165) is 77.1 Å². The number of nitrogens with zero attached hydrogens (tertiary/aromatic N) is 2. The highest BCUT2D eigenvalue weighted by molar-refractivity contribution is 6.25. The first-order valence-corrected chi connectivity index (χ1v) is 17.1. The molecule has 7 aromatic carbocycles. The van der Waals surface area contributed by atoms with Crippen LogP contribution in [0, 0.1) is 0 Å². The molecule has 0 radical (unpaired) electrons. The van der Waals surface area contributed by atoms with E-state index in [2.05, 4.69) is 137 Å². The van der Waals surface area contributed by atoms with Crippen molar-refractivity contribution in [3.63, 3.8) is 0 Å². The zero-order chi connectivity index (χ0) is 33.3. The van der Waals surface area contributed by atoms with Crippen molar-refractivity contribution in [3.05, 3.63) is 158 Å². The van der Waals surface area contributed by atoms with Gasteiger partial charge in [0.1, 0.15) is 22.3 Å². The van der Waals surface area contributed by atoms with E-state index in [-0.39, 0.29) is 0 Å². The predicted molar refractivity (Wildman–Crippen MR) is 210 cm³/mol. The smallest absolute Gasteiger partial charge is 0.145 e. The van der Waals surface area contributed by atoms with Crippen LogP contribution in [0.3, 0.4) is 0 Å². The maximum absolute atomic E-state index is 6.67. The Kier molecular flexibility index (Phi) is 6.27. The minimum Gasteiger partial charge on any atom is -0.456 e. The van der Waals surface area contributed by atoms with Crippen molar-refractivity contribution >= 4 is 87.5 Å². The first-order valence-electron chi connectivity index (χ1n) is 17.1. The highest BCUT2D eigenvalue weighted by Crippen LogP contribution is 2.44. The Morgan fingerprint density at radius 3 is 1.70 bits per heavy atom. The monoisotopic (exact) mass is 644 g/mol. The lowest BCUT2D eigenvalue weighted by molar-refractivity contribution is 0.669. The number of aromatic nitrogens is 2. The van der Waals surface area contributed by atoms with Crippen LogP contribution in [0.5, 0.6) is 0 Å². The Bertz CT molecular complexity index is 3070. The van der Waals surface area contributed by atoms with E-state index in [4.69, 9.17) is 8.83 Å². The van der Waals surface area contributed by atoms with Gasteiger partial charge in [-0.1, -0.05) is 97.1 Å². The number of hydrogen-bond donors (Lipinski definition) is 0. The molecule has 4 heterocycles. The maximum atomic E-state index is 6.67. The van der Waals surface area contributed by atoms with Gasteiger partial charge >= 0.3 is 0 Å². The molecule has 0 spiro atoms. The van der Waals surface area contributed by atoms with Crippen LogP contribution in [0.25, 0.3) is 98.9 Å². The first kappa shape index (κ1) is 28.5. The molecular formula is C46H32N2O2. The second-order valence-corrected chi connectivity index (χ2v) is 12.8. The van der Waals surface area contributed by atoms with Crippen LogP contribution in [-0.2, 0) is 0 Å². The third-order valence-corrected chi connectivity index (χ3v) is 10.0. The van der Waals surface area contributed by atoms with Crippen LogP contribution in [0.15, 0.2) is 167 Å². The van der Waals surface area contributed by atoms with Crippen LogP contribution in [-0.4, -0.2) is 9.13 Å². The van der Waals surface area contributed by atoms with E-state index in [1.165, 1.54) is 21.8 Å². The fourth-order valence-electron chi connectivity index (χ4n) is 7.80. The molecule has 0 saturated heterocycles. The molecule has 50 heavy (non-hydrogen) atoms. The number of fused-ring (bicyclic) bond motifs is 13. The van der Waals surface area contributed by atoms with Crippen LogP contribution in [0.1, 0.15) is 13.8 Å². The van der Waals surface area contributed by atoms with Gasteiger partial charge in [-0.2, -0.15) is 0 Å². The fraction of sp³-hybridized carbons (Fsp3) is 0.0435. The topological polar surface area (TPSA) is 36.1 Å². The minimum absolute atomic E-state index is 0.882. The summed E-state index contributed by atoms with van der Waals surface area (Å²) in [6.07, 6.45) is 4.00. The summed E-state index contributed by atoms with van der Waals surface area (Å²) >= 11 is 0. The van der Waals surface area contributed by atoms with E-state index in [0.29, 0.717) is 0 Å². The van der Waals surface area contributed by atoms with Gasteiger partial charge in [-0.3, -0.25) is 0 Å². The molecule has 4 aromatic heterocycles. The average Bonchev–Trinajstić information content (AvgIpc) is 3.92. The van der Waals surface area contributed by atoms with Gasteiger partial charge in [0.15, 0.2) is 0 Å². The standard InChI is InChI=1S/C42H24N2O2.C4H8/c1-5-15-33-26(10-1)27-11-2-6-16-34(27)44(33)36-17-9-14-31-40-35(22-21-30-28-12-3-8-19-38(28)46-42(30)40)43(41(31)36)25-20-23-39-32(24-25)29-13-4-7-18-37(29)45-39;1-3-4-2/h1-24H;3-4H,1-2H3/b;4-3-. The summed E-state index contributed by atoms with van der Waals surface area (Å²) in [5, 5.41) is 9.21. The highest BCUT2D eigenvalue weighted by Gasteiger charge is 2.23. The van der Waals surface area contributed by atoms with Gasteiger partial charge in [0, 0.05) is 43.4 Å². The quantitative estimate of drug-likeness (QED) is 0.176. The summed E-state index contributed by atoms with van der Waals surface area (Å²) in [5.41, 5.74) is 10.4. The lowest BCUT2D eigenvalue weighted by atomic mass is 10.1. The van der Waals surface area contributed by atoms with Crippen molar-refractivity contribution in [3.8, 4) is 11.4 Å². The van der Waals surface area contributed by atoms with Gasteiger partial charge < -0.3 is 18.0 Å². The second-order valence-electron chi connectivity index (χ2n) is 12.8. The third kappa shape index (κ3) is 3.99. The van der Waals surface area contributed by atoms with E-state index in [1.807, 2.05) is 44.2 Å². The zero-order valence-electron chi connectivity index (χ0n) is 27.7. The van der Waals surface area contributed by atoms with Gasteiger partial charge in [-0.25, -0.2) is 0 Å². The number of allylic oxidation sites excluding steroid dienone is 2. The molecule has 0 bridgehead atoms. The molecule has 4 nitrogen and oxygen atoms in total. The number of para-hydroxylation sites is 5. The average molecular weight is 645 g/mol. The van der Waals surface area contributed by atoms with Crippen molar-refractivity contribution in [2.45, 2.75) is 13.8 Å². The fourth-order valence-corrected chi connectivity index (χ4v) is 7.80. The van der Waals surface area contributed by atoms with Gasteiger partial charge in [0.25, 0.3) is 0 Å². The highest BCUT2D eigenvalue weighted by atomic mass is 16.3. The van der Waals surface area contributed by atoms with Crippen molar-refractivity contribution in [1.82, 2.24) is 9.13 Å². The Morgan fingerprint density at radius 1 is 0.420 bits per heavy atom. The summed E-state index contributed by atoms with van der Waals surface area (Å²) in [5.74, 6) is 0. The van der Waals surface area contributed by atoms with E-state index >= 15 is 0 Å². The molecule has 0 saturated carbocycles. The van der Waals surface area contributed by atoms with E-state index < -0.39 is 0 Å². The molecular weight excluding hydrogens is 613 g/mol. The van der Waals surface area contributed by atoms with Crippen LogP contribution >= 0.6 is 0 Å². The molecule has 0 atom stereocenters. The first-order chi connectivity index (χ1) is 24.7. The third-order valence-electron chi connectivity index (χ3n) is 10.0. The molecule has 0 aliphatic heterocycles. The number of benzene rings is 7. The molecule has 0 aliphatic carbocycles. The second kappa shape index (κ2) is 11.0. The van der Waals surface area contributed by atoms with Crippen LogP contribution < -0.4 is 0 Å².